The van der Waals surface area contributed by atoms with E-state index in [0.717, 1.165) is 41.6 Å². The van der Waals surface area contributed by atoms with E-state index >= 15 is 0 Å². The zero-order chi connectivity index (χ0) is 19.1. The summed E-state index contributed by atoms with van der Waals surface area (Å²) in [6, 6.07) is 21.9. The topological polar surface area (TPSA) is 25.8 Å². The van der Waals surface area contributed by atoms with Crippen molar-refractivity contribution in [2.75, 3.05) is 0 Å². The molecule has 5 rings (SSSR count). The van der Waals surface area contributed by atoms with Crippen LogP contribution in [0.5, 0.6) is 0 Å². The van der Waals surface area contributed by atoms with E-state index in [1.54, 1.807) is 28.7 Å². The van der Waals surface area contributed by atoms with Crippen molar-refractivity contribution < 1.29 is 0 Å². The molecule has 0 saturated carbocycles. The summed E-state index contributed by atoms with van der Waals surface area (Å²) in [6.07, 6.45) is 2.03. The van der Waals surface area contributed by atoms with Gasteiger partial charge in [-0.3, -0.25) is 0 Å². The monoisotopic (exact) mass is 438 g/mol. The largest absolute Gasteiger partial charge is 0.236 e. The van der Waals surface area contributed by atoms with Crippen LogP contribution in [0.1, 0.15) is 15.6 Å². The molecule has 0 bridgehead atoms. The number of hydrogen-bond donors (Lipinski definition) is 0. The highest BCUT2D eigenvalue weighted by Gasteiger charge is 2.16. The zero-order valence-corrected chi connectivity index (χ0v) is 17.5. The maximum absolute atomic E-state index is 6.46. The van der Waals surface area contributed by atoms with Gasteiger partial charge in [0.15, 0.2) is 0 Å². The van der Waals surface area contributed by atoms with Gasteiger partial charge in [0.25, 0.3) is 0 Å². The molecule has 3 aromatic carbocycles. The molecule has 0 aliphatic heterocycles. The van der Waals surface area contributed by atoms with Gasteiger partial charge in [-0.2, -0.15) is 0 Å². The fourth-order valence-electron chi connectivity index (χ4n) is 2.98. The number of rotatable bonds is 3. The maximum Gasteiger partial charge on any atom is 0.127 e. The molecule has 5 aromatic rings. The average molecular weight is 439 g/mol. The van der Waals surface area contributed by atoms with Crippen molar-refractivity contribution >= 4 is 78.0 Å². The second-order valence-electron chi connectivity index (χ2n) is 6.17. The first-order valence-corrected chi connectivity index (χ1v) is 11.0. The maximum atomic E-state index is 6.46. The summed E-state index contributed by atoms with van der Waals surface area (Å²) in [5, 5.41) is 2.89. The number of aromatic nitrogens is 2. The normalized spacial score (nSPS) is 11.2. The molecule has 28 heavy (non-hydrogen) atoms. The Morgan fingerprint density at radius 3 is 1.86 bits per heavy atom. The first kappa shape index (κ1) is 17.8. The Balaban J connectivity index is 1.76. The molecule has 6 heteroatoms. The van der Waals surface area contributed by atoms with Gasteiger partial charge in [-0.1, -0.05) is 59.6 Å². The summed E-state index contributed by atoms with van der Waals surface area (Å²) in [5.74, 6) is 0. The Morgan fingerprint density at radius 1 is 0.714 bits per heavy atom. The summed E-state index contributed by atoms with van der Waals surface area (Å²) >= 11 is 16.0. The fraction of sp³-hybridized carbons (Fsp3) is 0. The van der Waals surface area contributed by atoms with Gasteiger partial charge in [0.05, 0.1) is 30.5 Å². The van der Waals surface area contributed by atoms with Crippen molar-refractivity contribution in [1.29, 1.82) is 0 Å². The molecule has 0 N–H and O–H groups in total. The van der Waals surface area contributed by atoms with Crippen LogP contribution in [0.15, 0.2) is 66.7 Å². The number of para-hydroxylation sites is 2. The van der Waals surface area contributed by atoms with Gasteiger partial charge in [-0.25, -0.2) is 9.97 Å². The summed E-state index contributed by atoms with van der Waals surface area (Å²) in [4.78, 5) is 9.70. The molecule has 136 valence electrons. The minimum Gasteiger partial charge on any atom is -0.236 e. The van der Waals surface area contributed by atoms with Gasteiger partial charge in [-0.15, -0.1) is 22.7 Å². The first-order chi connectivity index (χ1) is 13.7. The van der Waals surface area contributed by atoms with E-state index in [9.17, 15) is 0 Å². The quantitative estimate of drug-likeness (QED) is 0.287. The first-order valence-electron chi connectivity index (χ1n) is 8.56. The summed E-state index contributed by atoms with van der Waals surface area (Å²) in [6.45, 7) is 0. The van der Waals surface area contributed by atoms with Crippen molar-refractivity contribution in [2.24, 2.45) is 0 Å². The van der Waals surface area contributed by atoms with E-state index in [-0.39, 0.29) is 0 Å². The predicted molar refractivity (Wildman–Crippen MR) is 123 cm³/mol. The van der Waals surface area contributed by atoms with E-state index in [1.165, 1.54) is 0 Å². The van der Waals surface area contributed by atoms with Gasteiger partial charge in [-0.05, 0) is 42.0 Å². The van der Waals surface area contributed by atoms with Gasteiger partial charge in [0, 0.05) is 5.57 Å². The number of hydrogen-bond acceptors (Lipinski definition) is 4. The molecule has 0 atom stereocenters. The van der Waals surface area contributed by atoms with Crippen molar-refractivity contribution in [1.82, 2.24) is 9.97 Å². The lowest BCUT2D eigenvalue weighted by molar-refractivity contribution is 1.39. The standard InChI is InChI=1S/C22H12Cl2N2S2/c23-15-7-5-6-13(20(15)24)12-14(21-25-16-8-1-3-10-18(16)27-21)22-26-17-9-2-4-11-19(17)28-22/h1-12H. The third-order valence-corrected chi connectivity index (χ3v) is 7.30. The Kier molecular flexibility index (Phi) is 4.65. The molecule has 0 spiro atoms. The smallest absolute Gasteiger partial charge is 0.127 e. The van der Waals surface area contributed by atoms with Crippen LogP contribution in [0.2, 0.25) is 10.0 Å². The van der Waals surface area contributed by atoms with Crippen molar-refractivity contribution in [3.8, 4) is 0 Å². The highest BCUT2D eigenvalue weighted by molar-refractivity contribution is 7.22. The molecule has 0 saturated heterocycles. The van der Waals surface area contributed by atoms with E-state index in [0.29, 0.717) is 10.0 Å². The average Bonchev–Trinajstić information content (AvgIpc) is 3.32. The van der Waals surface area contributed by atoms with Crippen LogP contribution in [0.25, 0.3) is 32.1 Å². The van der Waals surface area contributed by atoms with E-state index in [2.05, 4.69) is 12.1 Å². The number of nitrogens with zero attached hydrogens (tertiary/aromatic N) is 2. The Morgan fingerprint density at radius 2 is 1.29 bits per heavy atom. The number of benzene rings is 3. The molecule has 0 aliphatic carbocycles. The van der Waals surface area contributed by atoms with Crippen LogP contribution in [0.4, 0.5) is 0 Å². The van der Waals surface area contributed by atoms with Gasteiger partial charge >= 0.3 is 0 Å². The van der Waals surface area contributed by atoms with Crippen LogP contribution < -0.4 is 0 Å². The predicted octanol–water partition coefficient (Wildman–Crippen LogP) is 7.80. The molecular formula is C22H12Cl2N2S2. The lowest BCUT2D eigenvalue weighted by Gasteiger charge is -2.04. The van der Waals surface area contributed by atoms with Crippen LogP contribution in [0, 0.1) is 0 Å². The van der Waals surface area contributed by atoms with E-state index < -0.39 is 0 Å². The third-order valence-electron chi connectivity index (χ3n) is 4.33. The number of thiazole rings is 2. The van der Waals surface area contributed by atoms with Crippen molar-refractivity contribution in [2.45, 2.75) is 0 Å². The van der Waals surface area contributed by atoms with Crippen molar-refractivity contribution in [3.63, 3.8) is 0 Å². The zero-order valence-electron chi connectivity index (χ0n) is 14.4. The van der Waals surface area contributed by atoms with Gasteiger partial charge < -0.3 is 0 Å². The minimum atomic E-state index is 0.531. The molecule has 2 heterocycles. The number of fused-ring (bicyclic) bond motifs is 2. The van der Waals surface area contributed by atoms with Crippen LogP contribution in [-0.2, 0) is 0 Å². The van der Waals surface area contributed by atoms with Crippen molar-refractivity contribution in [3.05, 3.63) is 92.4 Å². The Labute approximate surface area is 179 Å². The highest BCUT2D eigenvalue weighted by Crippen LogP contribution is 2.37. The van der Waals surface area contributed by atoms with Crippen LogP contribution in [0.3, 0.4) is 0 Å². The highest BCUT2D eigenvalue weighted by atomic mass is 35.5. The molecule has 2 nitrogen and oxygen atoms in total. The summed E-state index contributed by atoms with van der Waals surface area (Å²) in [5.41, 5.74) is 3.76. The molecule has 2 aromatic heterocycles. The lowest BCUT2D eigenvalue weighted by Crippen LogP contribution is -1.87. The fourth-order valence-corrected chi connectivity index (χ4v) is 5.37. The number of halogens is 2. The summed E-state index contributed by atoms with van der Waals surface area (Å²) < 4.78 is 2.28. The summed E-state index contributed by atoms with van der Waals surface area (Å²) in [7, 11) is 0. The van der Waals surface area contributed by atoms with Gasteiger partial charge in [0.1, 0.15) is 10.0 Å². The van der Waals surface area contributed by atoms with Crippen LogP contribution >= 0.6 is 45.9 Å². The third kappa shape index (κ3) is 3.23. The van der Waals surface area contributed by atoms with Gasteiger partial charge in [0.2, 0.25) is 0 Å². The SMILES string of the molecule is Clc1cccc(C=C(c2nc3ccccc3s2)c2nc3ccccc3s2)c1Cl. The molecule has 0 radical (unpaired) electrons. The van der Waals surface area contributed by atoms with E-state index in [4.69, 9.17) is 33.2 Å². The van der Waals surface area contributed by atoms with E-state index in [1.807, 2.05) is 54.6 Å². The Bertz CT molecular complexity index is 1210. The molecule has 0 aliphatic rings. The lowest BCUT2D eigenvalue weighted by atomic mass is 10.1. The van der Waals surface area contributed by atoms with Crippen LogP contribution in [-0.4, -0.2) is 9.97 Å². The second kappa shape index (κ2) is 7.30. The molecule has 0 fully saturated rings. The molecular weight excluding hydrogens is 427 g/mol. The molecule has 0 unspecified atom stereocenters. The minimum absolute atomic E-state index is 0.531. The Hall–Kier alpha value is -2.24. The molecule has 0 amide bonds. The second-order valence-corrected chi connectivity index (χ2v) is 9.02.